The predicted molar refractivity (Wildman–Crippen MR) is 83.1 cm³/mol. The molecule has 1 aromatic rings. The molecule has 1 aromatic carbocycles. The molecule has 0 atom stereocenters. The van der Waals surface area contributed by atoms with Gasteiger partial charge in [0.2, 0.25) is 11.8 Å². The highest BCUT2D eigenvalue weighted by molar-refractivity contribution is 9.10. The van der Waals surface area contributed by atoms with Gasteiger partial charge in [-0.3, -0.25) is 9.59 Å². The maximum atomic E-state index is 11.6. The zero-order valence-electron chi connectivity index (χ0n) is 11.7. The molecule has 0 aliphatic rings. The van der Waals surface area contributed by atoms with Gasteiger partial charge in [-0.15, -0.1) is 0 Å². The highest BCUT2D eigenvalue weighted by atomic mass is 79.9. The van der Waals surface area contributed by atoms with Crippen LogP contribution in [0.3, 0.4) is 0 Å². The van der Waals surface area contributed by atoms with Crippen LogP contribution in [-0.2, 0) is 16.1 Å². The lowest BCUT2D eigenvalue weighted by molar-refractivity contribution is -0.121. The van der Waals surface area contributed by atoms with E-state index < -0.39 is 0 Å². The molecule has 0 radical (unpaired) electrons. The minimum absolute atomic E-state index is 0.00300. The van der Waals surface area contributed by atoms with Crippen LogP contribution in [0.1, 0.15) is 38.2 Å². The first-order chi connectivity index (χ1) is 9.58. The van der Waals surface area contributed by atoms with Crippen molar-refractivity contribution in [2.24, 2.45) is 0 Å². The molecule has 5 heteroatoms. The third kappa shape index (κ3) is 7.94. The number of carbonyl (C=O) groups excluding carboxylic acids is 2. The molecule has 0 spiro atoms. The van der Waals surface area contributed by atoms with Crippen LogP contribution in [0.15, 0.2) is 28.7 Å². The van der Waals surface area contributed by atoms with E-state index >= 15 is 0 Å². The standard InChI is InChI=1S/C15H21BrN2O2/c1-12(19)17-9-4-2-3-8-15(20)18-11-13-6-5-7-14(16)10-13/h5-7,10H,2-4,8-9,11H2,1H3,(H,17,19)(H,18,20). The van der Waals surface area contributed by atoms with E-state index in [1.165, 1.54) is 6.92 Å². The smallest absolute Gasteiger partial charge is 0.220 e. The fraction of sp³-hybridized carbons (Fsp3) is 0.467. The first-order valence-electron chi connectivity index (χ1n) is 6.83. The summed E-state index contributed by atoms with van der Waals surface area (Å²) in [6.45, 7) is 2.76. The molecule has 0 aliphatic heterocycles. The number of unbranched alkanes of at least 4 members (excludes halogenated alkanes) is 2. The van der Waals surface area contributed by atoms with Crippen molar-refractivity contribution in [2.45, 2.75) is 39.2 Å². The molecule has 0 aromatic heterocycles. The van der Waals surface area contributed by atoms with Crippen LogP contribution in [0.25, 0.3) is 0 Å². The van der Waals surface area contributed by atoms with E-state index in [1.54, 1.807) is 0 Å². The molecule has 0 saturated heterocycles. The lowest BCUT2D eigenvalue weighted by atomic mass is 10.2. The molecule has 0 saturated carbocycles. The minimum Gasteiger partial charge on any atom is -0.356 e. The molecule has 0 fully saturated rings. The zero-order chi connectivity index (χ0) is 14.8. The Kier molecular flexibility index (Phi) is 7.95. The third-order valence-corrected chi connectivity index (χ3v) is 3.33. The van der Waals surface area contributed by atoms with Crippen molar-refractivity contribution in [1.29, 1.82) is 0 Å². The summed E-state index contributed by atoms with van der Waals surface area (Å²) in [5.74, 6) is 0.0706. The Morgan fingerprint density at radius 2 is 1.95 bits per heavy atom. The Hall–Kier alpha value is -1.36. The summed E-state index contributed by atoms with van der Waals surface area (Å²) in [7, 11) is 0. The van der Waals surface area contributed by atoms with Crippen LogP contribution in [0.4, 0.5) is 0 Å². The molecule has 2 N–H and O–H groups in total. The lowest BCUT2D eigenvalue weighted by Gasteiger charge is -2.06. The van der Waals surface area contributed by atoms with Gasteiger partial charge < -0.3 is 10.6 Å². The number of rotatable bonds is 8. The van der Waals surface area contributed by atoms with Crippen LogP contribution in [0, 0.1) is 0 Å². The van der Waals surface area contributed by atoms with Crippen LogP contribution < -0.4 is 10.6 Å². The zero-order valence-corrected chi connectivity index (χ0v) is 13.3. The Labute approximate surface area is 128 Å². The number of benzene rings is 1. The fourth-order valence-corrected chi connectivity index (χ4v) is 2.23. The van der Waals surface area contributed by atoms with E-state index in [0.717, 1.165) is 29.3 Å². The van der Waals surface area contributed by atoms with Crippen molar-refractivity contribution in [2.75, 3.05) is 6.54 Å². The van der Waals surface area contributed by atoms with E-state index in [1.807, 2.05) is 24.3 Å². The average Bonchev–Trinajstić information content (AvgIpc) is 2.40. The summed E-state index contributed by atoms with van der Waals surface area (Å²) >= 11 is 3.40. The number of carbonyl (C=O) groups is 2. The summed E-state index contributed by atoms with van der Waals surface area (Å²) < 4.78 is 1.02. The molecule has 20 heavy (non-hydrogen) atoms. The van der Waals surface area contributed by atoms with Gasteiger partial charge in [-0.25, -0.2) is 0 Å². The Morgan fingerprint density at radius 1 is 1.15 bits per heavy atom. The molecule has 2 amide bonds. The maximum absolute atomic E-state index is 11.6. The highest BCUT2D eigenvalue weighted by Crippen LogP contribution is 2.11. The van der Waals surface area contributed by atoms with Crippen molar-refractivity contribution < 1.29 is 9.59 Å². The first-order valence-corrected chi connectivity index (χ1v) is 7.63. The van der Waals surface area contributed by atoms with Gasteiger partial charge in [-0.2, -0.15) is 0 Å². The van der Waals surface area contributed by atoms with E-state index in [9.17, 15) is 9.59 Å². The Morgan fingerprint density at radius 3 is 2.65 bits per heavy atom. The van der Waals surface area contributed by atoms with E-state index in [-0.39, 0.29) is 11.8 Å². The van der Waals surface area contributed by atoms with E-state index in [0.29, 0.717) is 19.5 Å². The monoisotopic (exact) mass is 340 g/mol. The van der Waals surface area contributed by atoms with Gasteiger partial charge in [0, 0.05) is 30.9 Å². The van der Waals surface area contributed by atoms with Crippen LogP contribution in [0.5, 0.6) is 0 Å². The van der Waals surface area contributed by atoms with Gasteiger partial charge in [-0.1, -0.05) is 34.5 Å². The normalized spacial score (nSPS) is 10.1. The van der Waals surface area contributed by atoms with Crippen molar-refractivity contribution in [1.82, 2.24) is 10.6 Å². The molecule has 0 heterocycles. The number of halogens is 1. The quantitative estimate of drug-likeness (QED) is 0.715. The minimum atomic E-state index is -0.00300. The van der Waals surface area contributed by atoms with Crippen molar-refractivity contribution in [3.05, 3.63) is 34.3 Å². The second-order valence-electron chi connectivity index (χ2n) is 4.70. The first kappa shape index (κ1) is 16.7. The number of nitrogens with one attached hydrogen (secondary N) is 2. The van der Waals surface area contributed by atoms with Gasteiger partial charge in [0.15, 0.2) is 0 Å². The van der Waals surface area contributed by atoms with Crippen LogP contribution in [-0.4, -0.2) is 18.4 Å². The molecular weight excluding hydrogens is 320 g/mol. The summed E-state index contributed by atoms with van der Waals surface area (Å²) in [6.07, 6.45) is 3.25. The second kappa shape index (κ2) is 9.53. The summed E-state index contributed by atoms with van der Waals surface area (Å²) in [5.41, 5.74) is 1.08. The van der Waals surface area contributed by atoms with Crippen LogP contribution >= 0.6 is 15.9 Å². The predicted octanol–water partition coefficient (Wildman–Crippen LogP) is 2.76. The summed E-state index contributed by atoms with van der Waals surface area (Å²) in [5, 5.41) is 5.65. The summed E-state index contributed by atoms with van der Waals surface area (Å²) in [4.78, 5) is 22.3. The van der Waals surface area contributed by atoms with Crippen molar-refractivity contribution >= 4 is 27.7 Å². The second-order valence-corrected chi connectivity index (χ2v) is 5.62. The number of hydrogen-bond donors (Lipinski definition) is 2. The van der Waals surface area contributed by atoms with Gasteiger partial charge in [-0.05, 0) is 30.5 Å². The van der Waals surface area contributed by atoms with E-state index in [4.69, 9.17) is 0 Å². The molecule has 1 rings (SSSR count). The molecular formula is C15H21BrN2O2. The van der Waals surface area contributed by atoms with Gasteiger partial charge in [0.1, 0.15) is 0 Å². The molecule has 0 bridgehead atoms. The Bertz CT molecular complexity index is 449. The van der Waals surface area contributed by atoms with Crippen LogP contribution in [0.2, 0.25) is 0 Å². The maximum Gasteiger partial charge on any atom is 0.220 e. The van der Waals surface area contributed by atoms with E-state index in [2.05, 4.69) is 26.6 Å². The molecule has 0 unspecified atom stereocenters. The largest absolute Gasteiger partial charge is 0.356 e. The van der Waals surface area contributed by atoms with Gasteiger partial charge >= 0.3 is 0 Å². The fourth-order valence-electron chi connectivity index (χ4n) is 1.79. The van der Waals surface area contributed by atoms with Gasteiger partial charge in [0.25, 0.3) is 0 Å². The molecule has 110 valence electrons. The van der Waals surface area contributed by atoms with Gasteiger partial charge in [0.05, 0.1) is 0 Å². The highest BCUT2D eigenvalue weighted by Gasteiger charge is 2.01. The SMILES string of the molecule is CC(=O)NCCCCCC(=O)NCc1cccc(Br)c1. The van der Waals surface area contributed by atoms with Crippen molar-refractivity contribution in [3.63, 3.8) is 0 Å². The molecule has 0 aliphatic carbocycles. The Balaban J connectivity index is 2.07. The lowest BCUT2D eigenvalue weighted by Crippen LogP contribution is -2.23. The summed E-state index contributed by atoms with van der Waals surface area (Å²) in [6, 6.07) is 7.89. The topological polar surface area (TPSA) is 58.2 Å². The average molecular weight is 341 g/mol. The molecule has 4 nitrogen and oxygen atoms in total. The number of amides is 2. The van der Waals surface area contributed by atoms with Crippen molar-refractivity contribution in [3.8, 4) is 0 Å². The number of hydrogen-bond acceptors (Lipinski definition) is 2. The third-order valence-electron chi connectivity index (χ3n) is 2.83.